The summed E-state index contributed by atoms with van der Waals surface area (Å²) in [5, 5.41) is 7.35. The van der Waals surface area contributed by atoms with Gasteiger partial charge in [-0.25, -0.2) is 9.97 Å². The maximum absolute atomic E-state index is 13.0. The van der Waals surface area contributed by atoms with E-state index in [0.717, 1.165) is 41.1 Å². The van der Waals surface area contributed by atoms with Crippen LogP contribution in [-0.2, 0) is 16.6 Å². The fraction of sp³-hybridized carbons (Fsp3) is 0.481. The number of nitrogens with zero attached hydrogens (tertiary/aromatic N) is 5. The van der Waals surface area contributed by atoms with E-state index in [2.05, 4.69) is 32.5 Å². The number of anilines is 2. The monoisotopic (exact) mass is 490 g/mol. The molecule has 1 fully saturated rings. The van der Waals surface area contributed by atoms with E-state index < -0.39 is 0 Å². The smallest absolute Gasteiger partial charge is 0.227 e. The van der Waals surface area contributed by atoms with Gasteiger partial charge in [-0.2, -0.15) is 5.10 Å². The number of nitrogens with one attached hydrogen (secondary N) is 1. The van der Waals surface area contributed by atoms with E-state index in [1.54, 1.807) is 17.1 Å². The van der Waals surface area contributed by atoms with Crippen LogP contribution < -0.4 is 10.1 Å². The van der Waals surface area contributed by atoms with Crippen LogP contribution >= 0.6 is 0 Å². The van der Waals surface area contributed by atoms with Crippen LogP contribution in [0.2, 0.25) is 0 Å². The molecule has 0 radical (unpaired) electrons. The summed E-state index contributed by atoms with van der Waals surface area (Å²) in [6.45, 7) is 8.14. The Hall–Kier alpha value is -3.46. The first kappa shape index (κ1) is 24.2. The number of carbonyl (C=O) groups is 1. The third-order valence-corrected chi connectivity index (χ3v) is 6.46. The number of benzene rings is 1. The Morgan fingerprint density at radius 2 is 2.08 bits per heavy atom. The standard InChI is InChI=1S/C27H34N6O3/c1-27(2,3)36-21-16-33(17-21)25(34)13-18-6-5-11-35-24-12-19(7-8-22(18)24)23-9-10-28-26(31-23)30-20-14-29-32(4)15-20/h7-10,12,14-15,18,21H,5-6,11,13,16-17H2,1-4H3,(H,28,30,31). The largest absolute Gasteiger partial charge is 0.493 e. The van der Waals surface area contributed by atoms with E-state index in [1.807, 2.05) is 51.0 Å². The van der Waals surface area contributed by atoms with Gasteiger partial charge in [-0.1, -0.05) is 12.1 Å². The molecule has 1 saturated heterocycles. The lowest BCUT2D eigenvalue weighted by molar-refractivity contribution is -0.157. The van der Waals surface area contributed by atoms with Crippen LogP contribution in [-0.4, -0.2) is 62.0 Å². The van der Waals surface area contributed by atoms with Crippen molar-refractivity contribution in [1.29, 1.82) is 0 Å². The topological polar surface area (TPSA) is 94.4 Å². The lowest BCUT2D eigenvalue weighted by Crippen LogP contribution is -2.56. The molecule has 5 rings (SSSR count). The second kappa shape index (κ2) is 9.89. The molecule has 1 atom stereocenters. The number of ether oxygens (including phenoxy) is 2. The number of hydrogen-bond donors (Lipinski definition) is 1. The van der Waals surface area contributed by atoms with Crippen molar-refractivity contribution >= 4 is 17.5 Å². The average molecular weight is 491 g/mol. The number of likely N-dealkylation sites (tertiary alicyclic amines) is 1. The molecule has 36 heavy (non-hydrogen) atoms. The quantitative estimate of drug-likeness (QED) is 0.551. The maximum Gasteiger partial charge on any atom is 0.227 e. The molecule has 0 bridgehead atoms. The molecule has 0 saturated carbocycles. The van der Waals surface area contributed by atoms with E-state index in [1.165, 1.54) is 0 Å². The predicted molar refractivity (Wildman–Crippen MR) is 137 cm³/mol. The van der Waals surface area contributed by atoms with Gasteiger partial charge in [0.15, 0.2) is 0 Å². The first-order valence-corrected chi connectivity index (χ1v) is 12.5. The van der Waals surface area contributed by atoms with Gasteiger partial charge in [0.05, 0.1) is 35.9 Å². The highest BCUT2D eigenvalue weighted by Crippen LogP contribution is 2.38. The minimum Gasteiger partial charge on any atom is -0.493 e. The van der Waals surface area contributed by atoms with E-state index in [4.69, 9.17) is 9.47 Å². The summed E-state index contributed by atoms with van der Waals surface area (Å²) >= 11 is 0. The van der Waals surface area contributed by atoms with Crippen LogP contribution in [0.4, 0.5) is 11.6 Å². The van der Waals surface area contributed by atoms with Crippen molar-refractivity contribution in [2.24, 2.45) is 7.05 Å². The highest BCUT2D eigenvalue weighted by atomic mass is 16.5. The Balaban J connectivity index is 1.28. The molecule has 9 heteroatoms. The van der Waals surface area contributed by atoms with Crippen LogP contribution in [0.3, 0.4) is 0 Å². The molecule has 1 unspecified atom stereocenters. The van der Waals surface area contributed by atoms with Gasteiger partial charge in [-0.15, -0.1) is 0 Å². The molecule has 3 aromatic rings. The number of rotatable bonds is 6. The van der Waals surface area contributed by atoms with Crippen LogP contribution in [0.15, 0.2) is 42.9 Å². The maximum atomic E-state index is 13.0. The fourth-order valence-corrected chi connectivity index (χ4v) is 4.79. The number of carbonyl (C=O) groups excluding carboxylic acids is 1. The zero-order valence-electron chi connectivity index (χ0n) is 21.4. The summed E-state index contributed by atoms with van der Waals surface area (Å²) in [5.74, 6) is 1.66. The van der Waals surface area contributed by atoms with Crippen molar-refractivity contribution in [3.05, 3.63) is 48.4 Å². The zero-order valence-corrected chi connectivity index (χ0v) is 21.4. The second-order valence-corrected chi connectivity index (χ2v) is 10.6. The first-order valence-electron chi connectivity index (χ1n) is 12.5. The predicted octanol–water partition coefficient (Wildman–Crippen LogP) is 4.29. The van der Waals surface area contributed by atoms with Gasteiger partial charge in [-0.05, 0) is 57.2 Å². The summed E-state index contributed by atoms with van der Waals surface area (Å²) in [6, 6.07) is 8.06. The van der Waals surface area contributed by atoms with Crippen LogP contribution in [0.25, 0.3) is 11.3 Å². The molecule has 0 spiro atoms. The van der Waals surface area contributed by atoms with Crippen LogP contribution in [0, 0.1) is 0 Å². The lowest BCUT2D eigenvalue weighted by atomic mass is 9.89. The minimum atomic E-state index is -0.186. The number of aromatic nitrogens is 4. The Kier molecular flexibility index (Phi) is 6.66. The van der Waals surface area contributed by atoms with E-state index in [0.29, 0.717) is 32.1 Å². The third kappa shape index (κ3) is 5.67. The first-order chi connectivity index (χ1) is 17.2. The van der Waals surface area contributed by atoms with Crippen molar-refractivity contribution < 1.29 is 14.3 Å². The van der Waals surface area contributed by atoms with E-state index in [-0.39, 0.29) is 23.5 Å². The average Bonchev–Trinajstić information content (AvgIpc) is 3.10. The van der Waals surface area contributed by atoms with Gasteiger partial charge in [0, 0.05) is 44.5 Å². The van der Waals surface area contributed by atoms with Crippen molar-refractivity contribution in [2.45, 2.75) is 57.7 Å². The molecule has 4 heterocycles. The lowest BCUT2D eigenvalue weighted by Gasteiger charge is -2.42. The van der Waals surface area contributed by atoms with Crippen LogP contribution in [0.1, 0.15) is 51.5 Å². The van der Waals surface area contributed by atoms with Gasteiger partial charge in [-0.3, -0.25) is 9.48 Å². The summed E-state index contributed by atoms with van der Waals surface area (Å²) < 4.78 is 13.8. The number of amides is 1. The highest BCUT2D eigenvalue weighted by molar-refractivity contribution is 5.78. The molecule has 0 aliphatic carbocycles. The molecule has 1 aromatic carbocycles. The molecule has 190 valence electrons. The second-order valence-electron chi connectivity index (χ2n) is 10.6. The van der Waals surface area contributed by atoms with Crippen molar-refractivity contribution in [1.82, 2.24) is 24.6 Å². The Bertz CT molecular complexity index is 1230. The Morgan fingerprint density at radius 1 is 1.25 bits per heavy atom. The molecular weight excluding hydrogens is 456 g/mol. The van der Waals surface area contributed by atoms with Gasteiger partial charge < -0.3 is 19.7 Å². The SMILES string of the molecule is Cn1cc(Nc2nccc(-c3ccc4c(c3)OCCCC4CC(=O)N3CC(OC(C)(C)C)C3)n2)cn1. The number of aryl methyl sites for hydroxylation is 1. The van der Waals surface area contributed by atoms with E-state index >= 15 is 0 Å². The highest BCUT2D eigenvalue weighted by Gasteiger charge is 2.35. The summed E-state index contributed by atoms with van der Waals surface area (Å²) in [7, 11) is 1.86. The van der Waals surface area contributed by atoms with E-state index in [9.17, 15) is 4.79 Å². The number of hydrogen-bond acceptors (Lipinski definition) is 7. The summed E-state index contributed by atoms with van der Waals surface area (Å²) in [6.07, 6.45) is 7.80. The molecule has 2 aliphatic heterocycles. The van der Waals surface area contributed by atoms with Crippen LogP contribution in [0.5, 0.6) is 5.75 Å². The molecular formula is C27H34N6O3. The minimum absolute atomic E-state index is 0.131. The third-order valence-electron chi connectivity index (χ3n) is 6.46. The summed E-state index contributed by atoms with van der Waals surface area (Å²) in [4.78, 5) is 23.9. The molecule has 1 amide bonds. The number of fused-ring (bicyclic) bond motifs is 1. The summed E-state index contributed by atoms with van der Waals surface area (Å²) in [5.41, 5.74) is 3.47. The van der Waals surface area contributed by atoms with Crippen molar-refractivity contribution in [3.8, 4) is 17.0 Å². The van der Waals surface area contributed by atoms with Gasteiger partial charge in [0.2, 0.25) is 11.9 Å². The molecule has 2 aromatic heterocycles. The molecule has 1 N–H and O–H groups in total. The normalized spacial score (nSPS) is 18.1. The van der Waals surface area contributed by atoms with Gasteiger partial charge in [0.25, 0.3) is 0 Å². The van der Waals surface area contributed by atoms with Gasteiger partial charge in [0.1, 0.15) is 5.75 Å². The Morgan fingerprint density at radius 3 is 2.83 bits per heavy atom. The zero-order chi connectivity index (χ0) is 25.3. The van der Waals surface area contributed by atoms with Crippen molar-refractivity contribution in [2.75, 3.05) is 25.0 Å². The fourth-order valence-electron chi connectivity index (χ4n) is 4.79. The molecule has 2 aliphatic rings. The van der Waals surface area contributed by atoms with Crippen molar-refractivity contribution in [3.63, 3.8) is 0 Å². The molecule has 9 nitrogen and oxygen atoms in total. The Labute approximate surface area is 211 Å². The van der Waals surface area contributed by atoms with Gasteiger partial charge >= 0.3 is 0 Å².